The van der Waals surface area contributed by atoms with Crippen molar-refractivity contribution in [1.29, 1.82) is 0 Å². The molecular formula is C3H8N2O2S. The van der Waals surface area contributed by atoms with Gasteiger partial charge >= 0.3 is 5.24 Å². The van der Waals surface area contributed by atoms with Crippen molar-refractivity contribution < 1.29 is 9.35 Å². The highest BCUT2D eigenvalue weighted by Gasteiger charge is 2.13. The van der Waals surface area contributed by atoms with Crippen LogP contribution in [-0.4, -0.2) is 23.9 Å². The molecule has 2 N–H and O–H groups in total. The first-order chi connectivity index (χ1) is 3.72. The minimum absolute atomic E-state index is 0.507. The van der Waals surface area contributed by atoms with Gasteiger partial charge in [0.1, 0.15) is 11.4 Å². The van der Waals surface area contributed by atoms with Crippen molar-refractivity contribution in [3.8, 4) is 0 Å². The third kappa shape index (κ3) is 2.15. The van der Waals surface area contributed by atoms with E-state index in [1.807, 2.05) is 0 Å². The number of nitrogens with one attached hydrogen (secondary N) is 2. The quantitative estimate of drug-likeness (QED) is 0.464. The van der Waals surface area contributed by atoms with Crippen LogP contribution in [0.2, 0.25) is 0 Å². The number of hydrogen-bond donors (Lipinski definition) is 2. The van der Waals surface area contributed by atoms with Crippen LogP contribution in [0.25, 0.3) is 0 Å². The maximum absolute atomic E-state index is 10.3. The van der Waals surface area contributed by atoms with Gasteiger partial charge < -0.3 is 9.87 Å². The normalized spacial score (nSPS) is 12.9. The number of hydrogen-bond acceptors (Lipinski definition) is 3. The predicted molar refractivity (Wildman–Crippen MR) is 31.7 cm³/mol. The Hall–Kier alpha value is -0.260. The molecule has 0 bridgehead atoms. The number of amides is 1. The average molecular weight is 136 g/mol. The lowest BCUT2D eigenvalue weighted by molar-refractivity contribution is 0.260. The van der Waals surface area contributed by atoms with E-state index < -0.39 is 16.6 Å². The summed E-state index contributed by atoms with van der Waals surface area (Å²) in [6.07, 6.45) is 0. The van der Waals surface area contributed by atoms with Crippen LogP contribution in [-0.2, 0) is 11.4 Å². The number of carbonyl (C=O) groups is 1. The summed E-state index contributed by atoms with van der Waals surface area (Å²) < 4.78 is 12.6. The van der Waals surface area contributed by atoms with Crippen LogP contribution in [0.1, 0.15) is 0 Å². The third-order valence-electron chi connectivity index (χ3n) is 0.558. The second-order valence-corrected chi connectivity index (χ2v) is 2.33. The van der Waals surface area contributed by atoms with Crippen molar-refractivity contribution in [1.82, 2.24) is 10.0 Å². The van der Waals surface area contributed by atoms with E-state index in [2.05, 4.69) is 10.0 Å². The molecule has 0 saturated heterocycles. The predicted octanol–water partition coefficient (Wildman–Crippen LogP) is -0.791. The summed E-state index contributed by atoms with van der Waals surface area (Å²) in [6.45, 7) is 0. The molecule has 0 spiro atoms. The van der Waals surface area contributed by atoms with E-state index in [0.29, 0.717) is 0 Å². The van der Waals surface area contributed by atoms with Gasteiger partial charge in [-0.15, -0.1) is 4.72 Å². The van der Waals surface area contributed by atoms with E-state index in [4.69, 9.17) is 0 Å². The zero-order valence-corrected chi connectivity index (χ0v) is 5.54. The molecule has 1 unspecified atom stereocenters. The van der Waals surface area contributed by atoms with E-state index >= 15 is 0 Å². The van der Waals surface area contributed by atoms with Crippen LogP contribution in [0.4, 0.5) is 4.79 Å². The van der Waals surface area contributed by atoms with Crippen molar-refractivity contribution in [2.75, 3.05) is 14.1 Å². The lowest BCUT2D eigenvalue weighted by atomic mass is 11.2. The average Bonchev–Trinajstić information content (AvgIpc) is 1.84. The topological polar surface area (TPSA) is 64.2 Å². The lowest BCUT2D eigenvalue weighted by Gasteiger charge is -2.01. The molecule has 0 radical (unpaired) electrons. The zero-order valence-electron chi connectivity index (χ0n) is 4.72. The van der Waals surface area contributed by atoms with E-state index in [1.165, 1.54) is 14.1 Å². The molecule has 48 valence electrons. The molecule has 0 aromatic carbocycles. The molecular weight excluding hydrogens is 128 g/mol. The summed E-state index contributed by atoms with van der Waals surface area (Å²) in [4.78, 5) is 10.3. The Balaban J connectivity index is 3.46. The van der Waals surface area contributed by atoms with Gasteiger partial charge in [0.15, 0.2) is 0 Å². The molecule has 0 aromatic heterocycles. The fraction of sp³-hybridized carbons (Fsp3) is 0.667. The van der Waals surface area contributed by atoms with Crippen LogP contribution in [0.15, 0.2) is 0 Å². The lowest BCUT2D eigenvalue weighted by Crippen LogP contribution is -2.34. The van der Waals surface area contributed by atoms with Gasteiger partial charge in [-0.25, -0.2) is 4.79 Å². The number of carbonyl (C=O) groups excluding carboxylic acids is 1. The molecule has 0 aromatic rings. The maximum Gasteiger partial charge on any atom is 0.447 e. The van der Waals surface area contributed by atoms with Gasteiger partial charge in [-0.1, -0.05) is 0 Å². The van der Waals surface area contributed by atoms with E-state index in [-0.39, 0.29) is 0 Å². The highest BCUT2D eigenvalue weighted by atomic mass is 32.2. The summed E-state index contributed by atoms with van der Waals surface area (Å²) in [5.41, 5.74) is 0. The fourth-order valence-electron chi connectivity index (χ4n) is 0.185. The smallest absolute Gasteiger partial charge is 0.447 e. The van der Waals surface area contributed by atoms with Gasteiger partial charge in [0.25, 0.3) is 0 Å². The van der Waals surface area contributed by atoms with Crippen LogP contribution < -0.4 is 10.0 Å². The minimum atomic E-state index is -1.57. The Kier molecular flexibility index (Phi) is 3.59. The maximum atomic E-state index is 10.3. The molecule has 1 amide bonds. The van der Waals surface area contributed by atoms with Crippen molar-refractivity contribution in [3.63, 3.8) is 0 Å². The molecule has 8 heavy (non-hydrogen) atoms. The van der Waals surface area contributed by atoms with Crippen LogP contribution in [0.3, 0.4) is 0 Å². The molecule has 0 heterocycles. The number of rotatable bonds is 1. The third-order valence-corrected chi connectivity index (χ3v) is 1.47. The van der Waals surface area contributed by atoms with Crippen molar-refractivity contribution in [2.45, 2.75) is 0 Å². The Bertz CT molecular complexity index is 87.4. The zero-order chi connectivity index (χ0) is 6.57. The molecule has 5 heteroatoms. The van der Waals surface area contributed by atoms with Crippen LogP contribution in [0, 0.1) is 0 Å². The molecule has 0 aliphatic carbocycles. The second kappa shape index (κ2) is 3.71. The first-order valence-electron chi connectivity index (χ1n) is 2.03. The Morgan fingerprint density at radius 3 is 2.25 bits per heavy atom. The van der Waals surface area contributed by atoms with Crippen LogP contribution >= 0.6 is 0 Å². The van der Waals surface area contributed by atoms with Crippen molar-refractivity contribution in [2.24, 2.45) is 0 Å². The first-order valence-corrected chi connectivity index (χ1v) is 3.18. The largest absolute Gasteiger partial charge is 0.589 e. The van der Waals surface area contributed by atoms with E-state index in [9.17, 15) is 9.35 Å². The molecule has 0 rings (SSSR count). The second-order valence-electron chi connectivity index (χ2n) is 1.01. The highest BCUT2D eigenvalue weighted by Crippen LogP contribution is 1.80. The SMILES string of the molecule is CNC(=O)[S+]([O-])NC. The van der Waals surface area contributed by atoms with Gasteiger partial charge in [0.2, 0.25) is 0 Å². The Labute approximate surface area is 51.0 Å². The standard InChI is InChI=1S/C3H8N2O2S/c1-4-3(6)8(7)5-2/h5H,1-2H3,(H,4,6). The molecule has 4 nitrogen and oxygen atoms in total. The Morgan fingerprint density at radius 1 is 1.62 bits per heavy atom. The fourth-order valence-corrected chi connectivity index (χ4v) is 0.556. The summed E-state index contributed by atoms with van der Waals surface area (Å²) in [5.74, 6) is 0. The van der Waals surface area contributed by atoms with E-state index in [0.717, 1.165) is 0 Å². The van der Waals surface area contributed by atoms with Crippen LogP contribution in [0.5, 0.6) is 0 Å². The van der Waals surface area contributed by atoms with Gasteiger partial charge in [0, 0.05) is 14.1 Å². The van der Waals surface area contributed by atoms with Gasteiger partial charge in [0.05, 0.1) is 0 Å². The molecule has 0 fully saturated rings. The summed E-state index contributed by atoms with van der Waals surface area (Å²) in [5, 5.41) is 1.71. The molecule has 0 saturated carbocycles. The van der Waals surface area contributed by atoms with Crippen molar-refractivity contribution >= 4 is 16.6 Å². The Morgan fingerprint density at radius 2 is 2.12 bits per heavy atom. The van der Waals surface area contributed by atoms with Gasteiger partial charge in [-0.2, -0.15) is 0 Å². The van der Waals surface area contributed by atoms with Crippen molar-refractivity contribution in [3.05, 3.63) is 0 Å². The molecule has 1 atom stereocenters. The minimum Gasteiger partial charge on any atom is -0.589 e. The van der Waals surface area contributed by atoms with E-state index in [1.54, 1.807) is 0 Å². The summed E-state index contributed by atoms with van der Waals surface area (Å²) in [7, 11) is 2.88. The molecule has 0 aliphatic rings. The van der Waals surface area contributed by atoms with Gasteiger partial charge in [-0.05, 0) is 0 Å². The molecule has 0 aliphatic heterocycles. The summed E-state index contributed by atoms with van der Waals surface area (Å²) >= 11 is -1.57. The highest BCUT2D eigenvalue weighted by molar-refractivity contribution is 8.04. The summed E-state index contributed by atoms with van der Waals surface area (Å²) in [6, 6.07) is 0. The monoisotopic (exact) mass is 136 g/mol. The van der Waals surface area contributed by atoms with Gasteiger partial charge in [-0.3, -0.25) is 0 Å². The first kappa shape index (κ1) is 7.74.